The fourth-order valence-electron chi connectivity index (χ4n) is 2.54. The molecule has 1 saturated carbocycles. The van der Waals surface area contributed by atoms with E-state index >= 15 is 0 Å². The van der Waals surface area contributed by atoms with E-state index in [0.29, 0.717) is 12.7 Å². The minimum absolute atomic E-state index is 0.00530. The van der Waals surface area contributed by atoms with Crippen molar-refractivity contribution in [1.82, 2.24) is 10.3 Å². The van der Waals surface area contributed by atoms with Crippen LogP contribution in [-0.4, -0.2) is 22.8 Å². The lowest BCUT2D eigenvalue weighted by Crippen LogP contribution is -2.37. The van der Waals surface area contributed by atoms with Crippen LogP contribution in [0, 0.1) is 5.41 Å². The molecular weight excluding hydrogens is 349 g/mol. The maximum absolute atomic E-state index is 12.4. The van der Waals surface area contributed by atoms with Crippen LogP contribution in [0.25, 0.3) is 0 Å². The lowest BCUT2D eigenvalue weighted by molar-refractivity contribution is -0.137. The molecule has 0 radical (unpaired) electrons. The molecule has 0 unspecified atom stereocenters. The average molecular weight is 365 g/mol. The van der Waals surface area contributed by atoms with E-state index in [1.807, 2.05) is 0 Å². The van der Waals surface area contributed by atoms with Crippen LogP contribution in [0.5, 0.6) is 0 Å². The maximum atomic E-state index is 12.4. The molecule has 1 aliphatic carbocycles. The van der Waals surface area contributed by atoms with Crippen molar-refractivity contribution in [3.05, 3.63) is 29.6 Å². The molecule has 1 aliphatic rings. The Hall–Kier alpha value is -1.11. The Bertz CT molecular complexity index is 496. The fourth-order valence-corrected chi connectivity index (χ4v) is 3.30. The summed E-state index contributed by atoms with van der Waals surface area (Å²) in [4.78, 5) is 15.5. The van der Waals surface area contributed by atoms with Gasteiger partial charge in [-0.05, 0) is 30.4 Å². The molecule has 7 heteroatoms. The van der Waals surface area contributed by atoms with Crippen LogP contribution < -0.4 is 5.32 Å². The molecule has 0 aliphatic heterocycles. The van der Waals surface area contributed by atoms with E-state index in [-0.39, 0.29) is 11.1 Å². The van der Waals surface area contributed by atoms with Crippen molar-refractivity contribution < 1.29 is 18.0 Å². The molecule has 21 heavy (non-hydrogen) atoms. The summed E-state index contributed by atoms with van der Waals surface area (Å²) < 4.78 is 37.3. The highest BCUT2D eigenvalue weighted by atomic mass is 79.9. The van der Waals surface area contributed by atoms with Crippen molar-refractivity contribution in [2.45, 2.75) is 31.9 Å². The van der Waals surface area contributed by atoms with Gasteiger partial charge in [0.15, 0.2) is 0 Å². The first kappa shape index (κ1) is 16.3. The van der Waals surface area contributed by atoms with Crippen LogP contribution in [0.3, 0.4) is 0 Å². The number of amides is 1. The number of carbonyl (C=O) groups is 1. The minimum Gasteiger partial charge on any atom is -0.350 e. The normalized spacial score (nSPS) is 17.7. The zero-order valence-electron chi connectivity index (χ0n) is 11.3. The molecule has 1 fully saturated rings. The summed E-state index contributed by atoms with van der Waals surface area (Å²) in [6.07, 6.45) is 0.606. The lowest BCUT2D eigenvalue weighted by Gasteiger charge is -2.26. The molecule has 0 aromatic carbocycles. The molecule has 116 valence electrons. The molecule has 1 aromatic rings. The zero-order chi connectivity index (χ0) is 15.5. The second-order valence-corrected chi connectivity index (χ2v) is 6.01. The van der Waals surface area contributed by atoms with Gasteiger partial charge >= 0.3 is 6.18 Å². The number of aromatic nitrogens is 1. The third kappa shape index (κ3) is 3.96. The van der Waals surface area contributed by atoms with E-state index in [9.17, 15) is 18.0 Å². The Balaban J connectivity index is 1.97. The van der Waals surface area contributed by atoms with Gasteiger partial charge in [-0.3, -0.25) is 9.78 Å². The Labute approximate surface area is 129 Å². The van der Waals surface area contributed by atoms with E-state index in [1.54, 1.807) is 0 Å². The van der Waals surface area contributed by atoms with Gasteiger partial charge in [0, 0.05) is 18.1 Å². The van der Waals surface area contributed by atoms with E-state index in [0.717, 1.165) is 43.1 Å². The standard InChI is InChI=1S/C14H16BrF3N2O/c15-8-13(5-1-2-6-13)9-20-12(21)11-4-3-10(7-19-11)14(16,17)18/h3-4,7H,1-2,5-6,8-9H2,(H,20,21). The second kappa shape index (κ2) is 6.34. The van der Waals surface area contributed by atoms with Gasteiger partial charge in [-0.2, -0.15) is 13.2 Å². The number of nitrogens with zero attached hydrogens (tertiary/aromatic N) is 1. The summed E-state index contributed by atoms with van der Waals surface area (Å²) in [5, 5.41) is 3.58. The van der Waals surface area contributed by atoms with Gasteiger partial charge in [0.25, 0.3) is 5.91 Å². The Morgan fingerprint density at radius 1 is 1.33 bits per heavy atom. The van der Waals surface area contributed by atoms with Crippen molar-refractivity contribution in [1.29, 1.82) is 0 Å². The Kier molecular flexibility index (Phi) is 4.91. The van der Waals surface area contributed by atoms with Crippen LogP contribution in [-0.2, 0) is 6.18 Å². The summed E-state index contributed by atoms with van der Waals surface area (Å²) in [7, 11) is 0. The van der Waals surface area contributed by atoms with Crippen molar-refractivity contribution in [3.63, 3.8) is 0 Å². The number of carbonyl (C=O) groups excluding carboxylic acids is 1. The number of hydrogen-bond donors (Lipinski definition) is 1. The molecule has 0 spiro atoms. The Morgan fingerprint density at radius 3 is 2.48 bits per heavy atom. The third-order valence-electron chi connectivity index (χ3n) is 3.90. The van der Waals surface area contributed by atoms with Crippen molar-refractivity contribution in [2.75, 3.05) is 11.9 Å². The molecule has 0 bridgehead atoms. The van der Waals surface area contributed by atoms with Gasteiger partial charge in [0.05, 0.1) is 5.56 Å². The predicted octanol–water partition coefficient (Wildman–Crippen LogP) is 3.79. The molecule has 2 rings (SSSR count). The van der Waals surface area contributed by atoms with Gasteiger partial charge in [-0.15, -0.1) is 0 Å². The van der Waals surface area contributed by atoms with Crippen LogP contribution >= 0.6 is 15.9 Å². The van der Waals surface area contributed by atoms with Crippen molar-refractivity contribution >= 4 is 21.8 Å². The molecule has 0 saturated heterocycles. The molecule has 3 nitrogen and oxygen atoms in total. The van der Waals surface area contributed by atoms with Crippen LogP contribution in [0.1, 0.15) is 41.7 Å². The van der Waals surface area contributed by atoms with E-state index in [1.165, 1.54) is 0 Å². The quantitative estimate of drug-likeness (QED) is 0.826. The third-order valence-corrected chi connectivity index (χ3v) is 5.08. The largest absolute Gasteiger partial charge is 0.417 e. The van der Waals surface area contributed by atoms with E-state index in [4.69, 9.17) is 0 Å². The number of halogens is 4. The first-order valence-corrected chi connectivity index (χ1v) is 7.86. The molecule has 1 aromatic heterocycles. The monoisotopic (exact) mass is 364 g/mol. The molecule has 1 N–H and O–H groups in total. The van der Waals surface area contributed by atoms with E-state index in [2.05, 4.69) is 26.2 Å². The number of alkyl halides is 4. The van der Waals surface area contributed by atoms with Gasteiger partial charge in [0.2, 0.25) is 0 Å². The summed E-state index contributed by atoms with van der Waals surface area (Å²) in [5.74, 6) is -0.434. The van der Waals surface area contributed by atoms with Gasteiger partial charge in [0.1, 0.15) is 5.69 Å². The SMILES string of the molecule is O=C(NCC1(CBr)CCCC1)c1ccc(C(F)(F)F)cn1. The molecule has 1 amide bonds. The molecule has 1 heterocycles. The van der Waals surface area contributed by atoms with Crippen LogP contribution in [0.15, 0.2) is 18.3 Å². The van der Waals surface area contributed by atoms with Crippen LogP contribution in [0.2, 0.25) is 0 Å². The smallest absolute Gasteiger partial charge is 0.350 e. The fraction of sp³-hybridized carbons (Fsp3) is 0.571. The van der Waals surface area contributed by atoms with Gasteiger partial charge < -0.3 is 5.32 Å². The van der Waals surface area contributed by atoms with Crippen LogP contribution in [0.4, 0.5) is 13.2 Å². The number of hydrogen-bond acceptors (Lipinski definition) is 2. The summed E-state index contributed by atoms with van der Waals surface area (Å²) in [6.45, 7) is 0.514. The summed E-state index contributed by atoms with van der Waals surface area (Å²) in [5.41, 5.74) is -0.792. The number of rotatable bonds is 4. The summed E-state index contributed by atoms with van der Waals surface area (Å²) >= 11 is 3.48. The minimum atomic E-state index is -4.44. The van der Waals surface area contributed by atoms with Crippen molar-refractivity contribution in [3.8, 4) is 0 Å². The first-order chi connectivity index (χ1) is 9.86. The second-order valence-electron chi connectivity index (χ2n) is 5.45. The zero-order valence-corrected chi connectivity index (χ0v) is 12.9. The molecule has 0 atom stereocenters. The number of pyridine rings is 1. The van der Waals surface area contributed by atoms with Gasteiger partial charge in [-0.25, -0.2) is 0 Å². The highest BCUT2D eigenvalue weighted by Crippen LogP contribution is 2.39. The Morgan fingerprint density at radius 2 is 2.00 bits per heavy atom. The lowest BCUT2D eigenvalue weighted by atomic mass is 9.89. The average Bonchev–Trinajstić information content (AvgIpc) is 2.93. The van der Waals surface area contributed by atoms with E-state index < -0.39 is 17.6 Å². The summed E-state index contributed by atoms with van der Waals surface area (Å²) in [6, 6.07) is 1.98. The first-order valence-electron chi connectivity index (χ1n) is 6.74. The predicted molar refractivity (Wildman–Crippen MR) is 76.3 cm³/mol. The number of nitrogens with one attached hydrogen (secondary N) is 1. The van der Waals surface area contributed by atoms with Crippen molar-refractivity contribution in [2.24, 2.45) is 5.41 Å². The highest BCUT2D eigenvalue weighted by molar-refractivity contribution is 9.09. The highest BCUT2D eigenvalue weighted by Gasteiger charge is 2.33. The molecular formula is C14H16BrF3N2O. The maximum Gasteiger partial charge on any atom is 0.417 e. The van der Waals surface area contributed by atoms with Gasteiger partial charge in [-0.1, -0.05) is 28.8 Å². The topological polar surface area (TPSA) is 42.0 Å².